The lowest BCUT2D eigenvalue weighted by molar-refractivity contribution is -0.134. The van der Waals surface area contributed by atoms with Gasteiger partial charge in [0.2, 0.25) is 0 Å². The van der Waals surface area contributed by atoms with Crippen molar-refractivity contribution in [2.45, 2.75) is 44.9 Å². The molecule has 0 aromatic heterocycles. The summed E-state index contributed by atoms with van der Waals surface area (Å²) in [7, 11) is 0. The molecule has 1 saturated carbocycles. The molecular weight excluding hydrogens is 318 g/mol. The molecule has 1 aromatic carbocycles. The first-order valence-electron chi connectivity index (χ1n) is 7.45. The highest BCUT2D eigenvalue weighted by Gasteiger charge is 2.30. The Hall–Kier alpha value is -0.420. The number of benzene rings is 1. The summed E-state index contributed by atoms with van der Waals surface area (Å²) < 4.78 is 12.2. The Kier molecular flexibility index (Phi) is 6.49. The minimum atomic E-state index is -0.116. The second-order valence-corrected chi connectivity index (χ2v) is 6.08. The zero-order valence-corrected chi connectivity index (χ0v) is 13.9. The van der Waals surface area contributed by atoms with Crippen LogP contribution < -0.4 is 5.32 Å². The van der Waals surface area contributed by atoms with Crippen molar-refractivity contribution in [3.8, 4) is 0 Å². The van der Waals surface area contributed by atoms with Crippen LogP contribution in [0.4, 0.5) is 0 Å². The molecule has 0 amide bonds. The fraction of sp³-hybridized carbons (Fsp3) is 0.625. The van der Waals surface area contributed by atoms with Gasteiger partial charge in [-0.2, -0.15) is 0 Å². The molecule has 0 aliphatic heterocycles. The quantitative estimate of drug-likeness (QED) is 0.731. The Balaban J connectivity index is 1.71. The fourth-order valence-electron chi connectivity index (χ4n) is 2.62. The summed E-state index contributed by atoms with van der Waals surface area (Å²) in [6.07, 6.45) is 2.28. The van der Waals surface area contributed by atoms with Crippen LogP contribution in [-0.2, 0) is 9.47 Å². The first kappa shape index (κ1) is 16.0. The van der Waals surface area contributed by atoms with Crippen molar-refractivity contribution in [1.82, 2.24) is 5.32 Å². The molecule has 0 radical (unpaired) electrons. The third-order valence-electron chi connectivity index (χ3n) is 3.74. The second-order valence-electron chi connectivity index (χ2n) is 5.17. The Labute approximate surface area is 130 Å². The predicted molar refractivity (Wildman–Crippen MR) is 84.9 cm³/mol. The van der Waals surface area contributed by atoms with E-state index >= 15 is 0 Å². The summed E-state index contributed by atoms with van der Waals surface area (Å²) in [6, 6.07) is 9.22. The molecule has 0 bridgehead atoms. The van der Waals surface area contributed by atoms with Crippen LogP contribution in [0.5, 0.6) is 0 Å². The van der Waals surface area contributed by atoms with Crippen molar-refractivity contribution >= 4 is 15.9 Å². The van der Waals surface area contributed by atoms with Crippen LogP contribution in [0, 0.1) is 0 Å². The number of nitrogens with one attached hydrogen (secondary N) is 1. The Bertz CT molecular complexity index is 401. The maximum Gasteiger partial charge on any atom is 0.169 e. The molecule has 4 heteroatoms. The van der Waals surface area contributed by atoms with Crippen LogP contribution in [0.25, 0.3) is 0 Å². The van der Waals surface area contributed by atoms with Crippen LogP contribution >= 0.6 is 15.9 Å². The van der Waals surface area contributed by atoms with Gasteiger partial charge in [0.25, 0.3) is 0 Å². The number of ether oxygens (including phenoxy) is 2. The minimum absolute atomic E-state index is 0.116. The first-order chi connectivity index (χ1) is 9.72. The molecule has 1 fully saturated rings. The molecule has 3 nitrogen and oxygen atoms in total. The minimum Gasteiger partial charge on any atom is -0.352 e. The first-order valence-corrected chi connectivity index (χ1v) is 8.24. The van der Waals surface area contributed by atoms with Gasteiger partial charge in [-0.1, -0.05) is 28.1 Å². The summed E-state index contributed by atoms with van der Waals surface area (Å²) in [4.78, 5) is 0. The molecule has 1 aromatic rings. The van der Waals surface area contributed by atoms with Crippen LogP contribution in [0.2, 0.25) is 0 Å². The summed E-state index contributed by atoms with van der Waals surface area (Å²) >= 11 is 3.53. The topological polar surface area (TPSA) is 30.5 Å². The highest BCUT2D eigenvalue weighted by Crippen LogP contribution is 2.37. The molecule has 20 heavy (non-hydrogen) atoms. The smallest absolute Gasteiger partial charge is 0.169 e. The monoisotopic (exact) mass is 341 g/mol. The molecule has 2 rings (SSSR count). The normalized spacial score (nSPS) is 22.0. The number of hydrogen-bond acceptors (Lipinski definition) is 3. The van der Waals surface area contributed by atoms with E-state index in [2.05, 4.69) is 45.5 Å². The van der Waals surface area contributed by atoms with Crippen molar-refractivity contribution in [2.24, 2.45) is 0 Å². The lowest BCUT2D eigenvalue weighted by Gasteiger charge is -2.37. The number of rotatable bonds is 8. The van der Waals surface area contributed by atoms with E-state index in [4.69, 9.17) is 9.47 Å². The van der Waals surface area contributed by atoms with Gasteiger partial charge in [0.05, 0.1) is 0 Å². The molecule has 0 unspecified atom stereocenters. The van der Waals surface area contributed by atoms with Crippen LogP contribution in [0.15, 0.2) is 28.7 Å². The molecular formula is C16H24BrNO2. The molecule has 1 aliphatic rings. The van der Waals surface area contributed by atoms with E-state index in [0.717, 1.165) is 6.54 Å². The van der Waals surface area contributed by atoms with E-state index in [-0.39, 0.29) is 6.29 Å². The zero-order valence-electron chi connectivity index (χ0n) is 12.3. The molecule has 1 aliphatic carbocycles. The average molecular weight is 342 g/mol. The predicted octanol–water partition coefficient (Wildman–Crippen LogP) is 3.68. The Morgan fingerprint density at radius 1 is 1.25 bits per heavy atom. The van der Waals surface area contributed by atoms with Gasteiger partial charge in [-0.25, -0.2) is 0 Å². The Morgan fingerprint density at radius 3 is 2.55 bits per heavy atom. The van der Waals surface area contributed by atoms with E-state index in [1.165, 1.54) is 22.9 Å². The highest BCUT2D eigenvalue weighted by atomic mass is 79.9. The van der Waals surface area contributed by atoms with Crippen LogP contribution in [0.3, 0.4) is 0 Å². The van der Waals surface area contributed by atoms with Crippen LogP contribution in [0.1, 0.15) is 38.2 Å². The van der Waals surface area contributed by atoms with E-state index < -0.39 is 0 Å². The SMILES string of the molecule is CCOC(CNC1CC(c2cccc(Br)c2)C1)OCC. The van der Waals surface area contributed by atoms with Gasteiger partial charge in [0, 0.05) is 30.3 Å². The highest BCUT2D eigenvalue weighted by molar-refractivity contribution is 9.10. The average Bonchev–Trinajstić information content (AvgIpc) is 2.37. The maximum atomic E-state index is 5.54. The lowest BCUT2D eigenvalue weighted by Crippen LogP contribution is -2.44. The van der Waals surface area contributed by atoms with Gasteiger partial charge in [-0.3, -0.25) is 0 Å². The molecule has 112 valence electrons. The summed E-state index contributed by atoms with van der Waals surface area (Å²) in [5, 5.41) is 3.54. The van der Waals surface area contributed by atoms with Crippen molar-refractivity contribution < 1.29 is 9.47 Å². The summed E-state index contributed by atoms with van der Waals surface area (Å²) in [6.45, 7) is 6.16. The summed E-state index contributed by atoms with van der Waals surface area (Å²) in [5.74, 6) is 0.683. The van der Waals surface area contributed by atoms with Gasteiger partial charge in [-0.15, -0.1) is 0 Å². The lowest BCUT2D eigenvalue weighted by atomic mass is 9.76. The summed E-state index contributed by atoms with van der Waals surface area (Å²) in [5.41, 5.74) is 1.43. The van der Waals surface area contributed by atoms with Gasteiger partial charge in [0.15, 0.2) is 6.29 Å². The van der Waals surface area contributed by atoms with Gasteiger partial charge in [-0.05, 0) is 50.3 Å². The molecule has 1 N–H and O–H groups in total. The maximum absolute atomic E-state index is 5.54. The molecule has 0 atom stereocenters. The van der Waals surface area contributed by atoms with Gasteiger partial charge < -0.3 is 14.8 Å². The molecule has 0 spiro atoms. The standard InChI is InChI=1S/C16H24BrNO2/c1-3-19-16(20-4-2)11-18-15-9-13(10-15)12-6-5-7-14(17)8-12/h5-8,13,15-16,18H,3-4,9-11H2,1-2H3. The van der Waals surface area contributed by atoms with Crippen molar-refractivity contribution in [1.29, 1.82) is 0 Å². The van der Waals surface area contributed by atoms with Crippen LogP contribution in [-0.4, -0.2) is 32.1 Å². The zero-order chi connectivity index (χ0) is 14.4. The molecule has 0 heterocycles. The Morgan fingerprint density at radius 2 is 1.95 bits per heavy atom. The van der Waals surface area contributed by atoms with E-state index in [1.54, 1.807) is 0 Å². The van der Waals surface area contributed by atoms with Crippen molar-refractivity contribution in [3.05, 3.63) is 34.3 Å². The van der Waals surface area contributed by atoms with E-state index in [0.29, 0.717) is 25.2 Å². The van der Waals surface area contributed by atoms with Crippen molar-refractivity contribution in [2.75, 3.05) is 19.8 Å². The van der Waals surface area contributed by atoms with E-state index in [1.807, 2.05) is 13.8 Å². The number of hydrogen-bond donors (Lipinski definition) is 1. The number of halogens is 1. The third-order valence-corrected chi connectivity index (χ3v) is 4.23. The molecule has 0 saturated heterocycles. The third kappa shape index (κ3) is 4.55. The fourth-order valence-corrected chi connectivity index (χ4v) is 3.03. The van der Waals surface area contributed by atoms with E-state index in [9.17, 15) is 0 Å². The van der Waals surface area contributed by atoms with Gasteiger partial charge in [0.1, 0.15) is 0 Å². The van der Waals surface area contributed by atoms with Crippen molar-refractivity contribution in [3.63, 3.8) is 0 Å². The largest absolute Gasteiger partial charge is 0.352 e. The second kappa shape index (κ2) is 8.13. The van der Waals surface area contributed by atoms with Gasteiger partial charge >= 0.3 is 0 Å².